The smallest absolute Gasteiger partial charge is 0.406 e. The van der Waals surface area contributed by atoms with Gasteiger partial charge in [0.1, 0.15) is 12.0 Å². The highest BCUT2D eigenvalue weighted by molar-refractivity contribution is 6.30. The Bertz CT molecular complexity index is 693. The lowest BCUT2D eigenvalue weighted by Crippen LogP contribution is -2.30. The molecule has 0 aliphatic carbocycles. The molecule has 2 heterocycles. The standard InChI is InChI=1S/C13H11ClN4O4/c1-8(13(19)17-11-5-4-9(14)7-16-11)22-10-3-2-6-15-12(10)18(20)21/h2-8H,1H3,(H,16,17,19)/t8-/m0/s1. The summed E-state index contributed by atoms with van der Waals surface area (Å²) in [4.78, 5) is 29.7. The first-order valence-corrected chi connectivity index (χ1v) is 6.53. The lowest BCUT2D eigenvalue weighted by Gasteiger charge is -2.13. The predicted molar refractivity (Wildman–Crippen MR) is 78.9 cm³/mol. The summed E-state index contributed by atoms with van der Waals surface area (Å²) in [5, 5.41) is 13.8. The van der Waals surface area contributed by atoms with E-state index in [0.29, 0.717) is 10.8 Å². The molecule has 8 nitrogen and oxygen atoms in total. The number of nitrogens with one attached hydrogen (secondary N) is 1. The zero-order valence-electron chi connectivity index (χ0n) is 11.4. The number of carbonyl (C=O) groups excluding carboxylic acids is 1. The number of aromatic nitrogens is 2. The van der Waals surface area contributed by atoms with Crippen molar-refractivity contribution in [3.8, 4) is 5.75 Å². The molecule has 1 amide bonds. The first kappa shape index (κ1) is 15.6. The molecule has 22 heavy (non-hydrogen) atoms. The van der Waals surface area contributed by atoms with E-state index in [2.05, 4.69) is 15.3 Å². The first-order valence-electron chi connectivity index (χ1n) is 6.16. The molecular formula is C13H11ClN4O4. The molecule has 2 aromatic heterocycles. The van der Waals surface area contributed by atoms with Gasteiger partial charge < -0.3 is 20.2 Å². The molecule has 1 atom stereocenters. The zero-order valence-corrected chi connectivity index (χ0v) is 12.1. The Kier molecular flexibility index (Phi) is 4.84. The van der Waals surface area contributed by atoms with E-state index in [9.17, 15) is 14.9 Å². The molecule has 114 valence electrons. The maximum absolute atomic E-state index is 12.0. The molecule has 0 aromatic carbocycles. The number of hydrogen-bond donors (Lipinski definition) is 1. The number of amides is 1. The van der Waals surface area contributed by atoms with Crippen LogP contribution in [0.5, 0.6) is 5.75 Å². The van der Waals surface area contributed by atoms with Crippen LogP contribution in [0.4, 0.5) is 11.6 Å². The molecule has 9 heteroatoms. The van der Waals surface area contributed by atoms with E-state index >= 15 is 0 Å². The normalized spacial score (nSPS) is 11.5. The average Bonchev–Trinajstić information content (AvgIpc) is 2.49. The Morgan fingerprint density at radius 3 is 2.82 bits per heavy atom. The van der Waals surface area contributed by atoms with Gasteiger partial charge in [0.05, 0.1) is 5.02 Å². The Morgan fingerprint density at radius 2 is 2.18 bits per heavy atom. The average molecular weight is 323 g/mol. The minimum absolute atomic E-state index is 0.0841. The Labute approximate surface area is 130 Å². The van der Waals surface area contributed by atoms with Gasteiger partial charge >= 0.3 is 5.82 Å². The quantitative estimate of drug-likeness (QED) is 0.669. The fourth-order valence-corrected chi connectivity index (χ4v) is 1.64. The highest BCUT2D eigenvalue weighted by atomic mass is 35.5. The van der Waals surface area contributed by atoms with Gasteiger partial charge in [-0.2, -0.15) is 0 Å². The van der Waals surface area contributed by atoms with Crippen LogP contribution >= 0.6 is 11.6 Å². The fraction of sp³-hybridized carbons (Fsp3) is 0.154. The van der Waals surface area contributed by atoms with Gasteiger partial charge in [-0.1, -0.05) is 11.6 Å². The van der Waals surface area contributed by atoms with Crippen molar-refractivity contribution in [2.75, 3.05) is 5.32 Å². The van der Waals surface area contributed by atoms with Gasteiger partial charge in [0.25, 0.3) is 5.91 Å². The molecule has 1 N–H and O–H groups in total. The largest absolute Gasteiger partial charge is 0.473 e. The maximum atomic E-state index is 12.0. The van der Waals surface area contributed by atoms with Crippen LogP contribution < -0.4 is 10.1 Å². The number of nitrogens with zero attached hydrogens (tertiary/aromatic N) is 3. The summed E-state index contributed by atoms with van der Waals surface area (Å²) >= 11 is 5.69. The van der Waals surface area contributed by atoms with Crippen LogP contribution in [0.15, 0.2) is 36.7 Å². The first-order chi connectivity index (χ1) is 10.5. The van der Waals surface area contributed by atoms with Crippen molar-refractivity contribution >= 4 is 29.1 Å². The Hall–Kier alpha value is -2.74. The molecule has 2 aromatic rings. The number of carbonyl (C=O) groups is 1. The zero-order chi connectivity index (χ0) is 16.1. The van der Waals surface area contributed by atoms with Gasteiger partial charge in [-0.05, 0) is 41.1 Å². The third-order valence-electron chi connectivity index (χ3n) is 2.58. The van der Waals surface area contributed by atoms with Crippen LogP contribution in [0.3, 0.4) is 0 Å². The van der Waals surface area contributed by atoms with Crippen molar-refractivity contribution in [2.24, 2.45) is 0 Å². The number of hydrogen-bond acceptors (Lipinski definition) is 6. The van der Waals surface area contributed by atoms with Crippen LogP contribution in [0.2, 0.25) is 5.02 Å². The summed E-state index contributed by atoms with van der Waals surface area (Å²) in [6.07, 6.45) is 1.68. The van der Waals surface area contributed by atoms with Gasteiger partial charge in [-0.15, -0.1) is 0 Å². The third kappa shape index (κ3) is 3.89. The van der Waals surface area contributed by atoms with Crippen LogP contribution in [0, 0.1) is 10.1 Å². The number of pyridine rings is 2. The van der Waals surface area contributed by atoms with Gasteiger partial charge in [0, 0.05) is 6.20 Å². The fourth-order valence-electron chi connectivity index (χ4n) is 1.53. The van der Waals surface area contributed by atoms with E-state index in [0.717, 1.165) is 0 Å². The molecule has 0 unspecified atom stereocenters. The number of anilines is 1. The number of halogens is 1. The van der Waals surface area contributed by atoms with E-state index in [4.69, 9.17) is 16.3 Å². The van der Waals surface area contributed by atoms with Gasteiger partial charge in [-0.3, -0.25) is 4.79 Å². The SMILES string of the molecule is C[C@H](Oc1cccnc1[N+](=O)[O-])C(=O)Nc1ccc(Cl)cn1. The van der Waals surface area contributed by atoms with Gasteiger partial charge in [0.2, 0.25) is 5.75 Å². The molecule has 0 spiro atoms. The molecule has 0 saturated heterocycles. The predicted octanol–water partition coefficient (Wildman–Crippen LogP) is 2.44. The van der Waals surface area contributed by atoms with Crippen LogP contribution in [-0.4, -0.2) is 26.9 Å². The molecule has 2 rings (SSSR count). The van der Waals surface area contributed by atoms with Crippen LogP contribution in [0.25, 0.3) is 0 Å². The second kappa shape index (κ2) is 6.81. The van der Waals surface area contributed by atoms with Crippen molar-refractivity contribution in [2.45, 2.75) is 13.0 Å². The summed E-state index contributed by atoms with van der Waals surface area (Å²) in [6, 6.07) is 5.95. The van der Waals surface area contributed by atoms with E-state index in [1.807, 2.05) is 0 Å². The van der Waals surface area contributed by atoms with Crippen molar-refractivity contribution in [3.05, 3.63) is 51.8 Å². The lowest BCUT2D eigenvalue weighted by molar-refractivity contribution is -0.390. The second-order valence-corrected chi connectivity index (χ2v) is 4.63. The molecule has 0 saturated carbocycles. The van der Waals surface area contributed by atoms with E-state index in [1.165, 1.54) is 37.5 Å². The summed E-state index contributed by atoms with van der Waals surface area (Å²) in [5.74, 6) is -0.746. The topological polar surface area (TPSA) is 107 Å². The van der Waals surface area contributed by atoms with E-state index in [1.54, 1.807) is 6.07 Å². The van der Waals surface area contributed by atoms with Crippen molar-refractivity contribution < 1.29 is 14.5 Å². The van der Waals surface area contributed by atoms with Crippen LogP contribution in [0.1, 0.15) is 6.92 Å². The van der Waals surface area contributed by atoms with Gasteiger partial charge in [0.15, 0.2) is 6.10 Å². The van der Waals surface area contributed by atoms with Gasteiger partial charge in [-0.25, -0.2) is 4.98 Å². The number of nitro groups is 1. The number of ether oxygens (including phenoxy) is 1. The lowest BCUT2D eigenvalue weighted by atomic mass is 10.3. The van der Waals surface area contributed by atoms with Crippen molar-refractivity contribution in [3.63, 3.8) is 0 Å². The summed E-state index contributed by atoms with van der Waals surface area (Å²) < 4.78 is 5.29. The Balaban J connectivity index is 2.05. The number of rotatable bonds is 5. The van der Waals surface area contributed by atoms with Crippen molar-refractivity contribution in [1.82, 2.24) is 9.97 Å². The maximum Gasteiger partial charge on any atom is 0.406 e. The molecule has 0 radical (unpaired) electrons. The van der Waals surface area contributed by atoms with Crippen molar-refractivity contribution in [1.29, 1.82) is 0 Å². The van der Waals surface area contributed by atoms with E-state index < -0.39 is 22.8 Å². The molecule has 0 bridgehead atoms. The summed E-state index contributed by atoms with van der Waals surface area (Å²) in [6.45, 7) is 1.46. The third-order valence-corrected chi connectivity index (χ3v) is 2.80. The second-order valence-electron chi connectivity index (χ2n) is 4.19. The molecule has 0 aliphatic heterocycles. The summed E-state index contributed by atoms with van der Waals surface area (Å²) in [7, 11) is 0. The molecule has 0 aliphatic rings. The molecular weight excluding hydrogens is 312 g/mol. The Morgan fingerprint density at radius 1 is 1.41 bits per heavy atom. The minimum atomic E-state index is -0.972. The van der Waals surface area contributed by atoms with Crippen LogP contribution in [-0.2, 0) is 4.79 Å². The molecule has 0 fully saturated rings. The van der Waals surface area contributed by atoms with E-state index in [-0.39, 0.29) is 5.75 Å². The highest BCUT2D eigenvalue weighted by Gasteiger charge is 2.22. The monoisotopic (exact) mass is 322 g/mol. The highest BCUT2D eigenvalue weighted by Crippen LogP contribution is 2.24. The minimum Gasteiger partial charge on any atom is -0.473 e. The summed E-state index contributed by atoms with van der Waals surface area (Å²) in [5.41, 5.74) is 0.